The third-order valence-electron chi connectivity index (χ3n) is 4.78. The molecule has 118 valence electrons. The largest absolute Gasteiger partial charge is 0.366 e. The highest BCUT2D eigenvalue weighted by molar-refractivity contribution is 5.92. The average molecular weight is 309 g/mol. The van der Waals surface area contributed by atoms with E-state index in [0.29, 0.717) is 29.4 Å². The summed E-state index contributed by atoms with van der Waals surface area (Å²) in [6.45, 7) is 2.85. The molecular formula is C17H19N5O. The minimum absolute atomic E-state index is 0.348. The number of hydrogen-bond donors (Lipinski definition) is 2. The predicted octanol–water partition coefficient (Wildman–Crippen LogP) is 0.800. The van der Waals surface area contributed by atoms with Gasteiger partial charge >= 0.3 is 0 Å². The minimum Gasteiger partial charge on any atom is -0.366 e. The Hall–Kier alpha value is -2.47. The number of aromatic nitrogens is 2. The van der Waals surface area contributed by atoms with E-state index in [1.54, 1.807) is 0 Å². The molecule has 2 unspecified atom stereocenters. The molecule has 0 bridgehead atoms. The van der Waals surface area contributed by atoms with E-state index < -0.39 is 5.91 Å². The maximum atomic E-state index is 11.0. The van der Waals surface area contributed by atoms with Crippen molar-refractivity contribution in [1.29, 1.82) is 0 Å². The Morgan fingerprint density at radius 2 is 1.83 bits per heavy atom. The van der Waals surface area contributed by atoms with E-state index in [2.05, 4.69) is 44.5 Å². The van der Waals surface area contributed by atoms with Crippen molar-refractivity contribution in [3.05, 3.63) is 53.9 Å². The minimum atomic E-state index is -0.494. The molecule has 1 aromatic heterocycles. The number of anilines is 1. The molecule has 23 heavy (non-hydrogen) atoms. The molecule has 0 radical (unpaired) electrons. The van der Waals surface area contributed by atoms with Crippen LogP contribution in [0.25, 0.3) is 0 Å². The molecule has 1 aromatic carbocycles. The molecule has 2 aromatic rings. The van der Waals surface area contributed by atoms with Crippen LogP contribution in [0.1, 0.15) is 15.9 Å². The first-order valence-electron chi connectivity index (χ1n) is 7.86. The van der Waals surface area contributed by atoms with Crippen molar-refractivity contribution in [2.75, 3.05) is 18.0 Å². The summed E-state index contributed by atoms with van der Waals surface area (Å²) in [5.74, 6) is 1.52. The molecule has 1 saturated heterocycles. The molecular weight excluding hydrogens is 290 g/mol. The molecule has 2 aliphatic rings. The predicted molar refractivity (Wildman–Crippen MR) is 86.8 cm³/mol. The topological polar surface area (TPSA) is 84.1 Å². The molecule has 2 atom stereocenters. The van der Waals surface area contributed by atoms with Gasteiger partial charge in [-0.15, -0.1) is 0 Å². The van der Waals surface area contributed by atoms with E-state index in [4.69, 9.17) is 5.73 Å². The highest BCUT2D eigenvalue weighted by atomic mass is 16.1. The van der Waals surface area contributed by atoms with Gasteiger partial charge in [-0.1, -0.05) is 30.3 Å². The van der Waals surface area contributed by atoms with Gasteiger partial charge in [-0.25, -0.2) is 9.97 Å². The zero-order chi connectivity index (χ0) is 15.8. The summed E-state index contributed by atoms with van der Waals surface area (Å²) >= 11 is 0. The van der Waals surface area contributed by atoms with Crippen molar-refractivity contribution in [3.63, 3.8) is 0 Å². The number of rotatable bonds is 5. The van der Waals surface area contributed by atoms with E-state index >= 15 is 0 Å². The van der Waals surface area contributed by atoms with Gasteiger partial charge in [0.1, 0.15) is 0 Å². The van der Waals surface area contributed by atoms with Crippen LogP contribution in [0.15, 0.2) is 42.7 Å². The van der Waals surface area contributed by atoms with E-state index in [-0.39, 0.29) is 0 Å². The van der Waals surface area contributed by atoms with Crippen molar-refractivity contribution < 1.29 is 4.79 Å². The smallest absolute Gasteiger partial charge is 0.251 e. The lowest BCUT2D eigenvalue weighted by molar-refractivity contribution is 0.0999. The second kappa shape index (κ2) is 5.62. The summed E-state index contributed by atoms with van der Waals surface area (Å²) in [6.07, 6.45) is 3.00. The monoisotopic (exact) mass is 309 g/mol. The number of carbonyl (C=O) groups is 1. The maximum Gasteiger partial charge on any atom is 0.251 e. The number of benzene rings is 1. The Balaban J connectivity index is 1.30. The zero-order valence-electron chi connectivity index (χ0n) is 12.7. The van der Waals surface area contributed by atoms with Crippen LogP contribution in [0.5, 0.6) is 0 Å². The normalized spacial score (nSPS) is 25.2. The molecule has 1 aliphatic heterocycles. The number of hydrogen-bond acceptors (Lipinski definition) is 5. The van der Waals surface area contributed by atoms with E-state index in [1.807, 2.05) is 6.07 Å². The lowest BCUT2D eigenvalue weighted by Crippen LogP contribution is -2.32. The van der Waals surface area contributed by atoms with E-state index in [1.165, 1.54) is 18.0 Å². The fourth-order valence-electron chi connectivity index (χ4n) is 3.44. The first-order chi connectivity index (χ1) is 11.2. The van der Waals surface area contributed by atoms with Gasteiger partial charge in [0.05, 0.1) is 5.56 Å². The molecule has 1 saturated carbocycles. The van der Waals surface area contributed by atoms with Crippen LogP contribution < -0.4 is 16.0 Å². The highest BCUT2D eigenvalue weighted by Crippen LogP contribution is 2.46. The number of amides is 1. The summed E-state index contributed by atoms with van der Waals surface area (Å²) < 4.78 is 0. The first kappa shape index (κ1) is 14.1. The summed E-state index contributed by atoms with van der Waals surface area (Å²) in [7, 11) is 0. The fraction of sp³-hybridized carbons (Fsp3) is 0.353. The number of primary amides is 1. The number of fused-ring (bicyclic) bond motifs is 1. The molecule has 1 aliphatic carbocycles. The van der Waals surface area contributed by atoms with Crippen LogP contribution in [-0.2, 0) is 6.54 Å². The Morgan fingerprint density at radius 1 is 1.17 bits per heavy atom. The summed E-state index contributed by atoms with van der Waals surface area (Å²) in [6, 6.07) is 11.1. The summed E-state index contributed by atoms with van der Waals surface area (Å²) in [4.78, 5) is 21.7. The van der Waals surface area contributed by atoms with Gasteiger partial charge in [0, 0.05) is 38.1 Å². The van der Waals surface area contributed by atoms with Crippen LogP contribution in [-0.4, -0.2) is 35.0 Å². The Bertz CT molecular complexity index is 691. The lowest BCUT2D eigenvalue weighted by atomic mass is 10.2. The number of nitrogens with zero attached hydrogens (tertiary/aromatic N) is 3. The third kappa shape index (κ3) is 2.77. The van der Waals surface area contributed by atoms with E-state index in [0.717, 1.165) is 19.6 Å². The molecule has 2 heterocycles. The lowest BCUT2D eigenvalue weighted by Gasteiger charge is -2.20. The van der Waals surface area contributed by atoms with Gasteiger partial charge < -0.3 is 16.0 Å². The molecule has 2 fully saturated rings. The fourth-order valence-corrected chi connectivity index (χ4v) is 3.44. The standard InChI is InChI=1S/C17H19N5O/c18-16(23)12-7-20-17(21-8-12)22-9-13-14(10-22)15(13)19-6-11-4-2-1-3-5-11/h1-5,7-8,13-15,19H,6,9-10H2,(H2,18,23). The van der Waals surface area contributed by atoms with Gasteiger partial charge in [-0.05, 0) is 17.4 Å². The first-order valence-corrected chi connectivity index (χ1v) is 7.86. The van der Waals surface area contributed by atoms with Crippen LogP contribution in [0.3, 0.4) is 0 Å². The van der Waals surface area contributed by atoms with E-state index in [9.17, 15) is 4.79 Å². The van der Waals surface area contributed by atoms with Gasteiger partial charge in [-0.3, -0.25) is 4.79 Å². The van der Waals surface area contributed by atoms with Crippen LogP contribution >= 0.6 is 0 Å². The third-order valence-corrected chi connectivity index (χ3v) is 4.78. The van der Waals surface area contributed by atoms with Gasteiger partial charge in [0.25, 0.3) is 5.91 Å². The quantitative estimate of drug-likeness (QED) is 0.853. The average Bonchev–Trinajstić information content (AvgIpc) is 3.03. The molecule has 0 spiro atoms. The molecule has 6 heteroatoms. The second-order valence-electron chi connectivity index (χ2n) is 6.26. The Morgan fingerprint density at radius 3 is 2.43 bits per heavy atom. The van der Waals surface area contributed by atoms with Crippen molar-refractivity contribution in [1.82, 2.24) is 15.3 Å². The second-order valence-corrected chi connectivity index (χ2v) is 6.26. The van der Waals surface area contributed by atoms with Crippen LogP contribution in [0.2, 0.25) is 0 Å². The highest BCUT2D eigenvalue weighted by Gasteiger charge is 2.55. The summed E-state index contributed by atoms with van der Waals surface area (Å²) in [5, 5.41) is 3.64. The van der Waals surface area contributed by atoms with Gasteiger partial charge in [0.2, 0.25) is 5.95 Å². The maximum absolute atomic E-state index is 11.0. The van der Waals surface area contributed by atoms with Crippen LogP contribution in [0, 0.1) is 11.8 Å². The molecule has 6 nitrogen and oxygen atoms in total. The zero-order valence-corrected chi connectivity index (χ0v) is 12.7. The van der Waals surface area contributed by atoms with Crippen LogP contribution in [0.4, 0.5) is 5.95 Å². The van der Waals surface area contributed by atoms with Crippen molar-refractivity contribution in [3.8, 4) is 0 Å². The van der Waals surface area contributed by atoms with Gasteiger partial charge in [-0.2, -0.15) is 0 Å². The molecule has 3 N–H and O–H groups in total. The van der Waals surface area contributed by atoms with Gasteiger partial charge in [0.15, 0.2) is 0 Å². The Labute approximate surface area is 134 Å². The number of carbonyl (C=O) groups excluding carboxylic acids is 1. The molecule has 1 amide bonds. The van der Waals surface area contributed by atoms with Crippen molar-refractivity contribution >= 4 is 11.9 Å². The molecule has 4 rings (SSSR count). The van der Waals surface area contributed by atoms with Crippen molar-refractivity contribution in [2.45, 2.75) is 12.6 Å². The number of piperidine rings is 1. The SMILES string of the molecule is NC(=O)c1cnc(N2CC3C(C2)C3NCc2ccccc2)nc1. The summed E-state index contributed by atoms with van der Waals surface area (Å²) in [5.41, 5.74) is 6.87. The number of nitrogens with two attached hydrogens (primary N) is 1. The van der Waals surface area contributed by atoms with Crippen molar-refractivity contribution in [2.24, 2.45) is 17.6 Å². The Kier molecular flexibility index (Phi) is 3.46. The number of nitrogens with one attached hydrogen (secondary N) is 1.